The summed E-state index contributed by atoms with van der Waals surface area (Å²) in [6.45, 7) is 6.36. The Morgan fingerprint density at radius 3 is 2.44 bits per heavy atom. The Balaban J connectivity index is 1.30. The summed E-state index contributed by atoms with van der Waals surface area (Å²) in [5.41, 5.74) is 2.05. The van der Waals surface area contributed by atoms with E-state index in [1.165, 1.54) is 7.11 Å². The van der Waals surface area contributed by atoms with E-state index in [2.05, 4.69) is 15.6 Å². The molecule has 1 fully saturated rings. The zero-order valence-electron chi connectivity index (χ0n) is 31.4. The molecule has 4 aromatic rings. The normalized spacial score (nSPS) is 21.3. The highest BCUT2D eigenvalue weighted by Crippen LogP contribution is 2.60. The number of fused-ring (bicyclic) bond motifs is 2. The third-order valence-corrected chi connectivity index (χ3v) is 13.3. The van der Waals surface area contributed by atoms with Gasteiger partial charge in [0.2, 0.25) is 0 Å². The van der Waals surface area contributed by atoms with E-state index in [0.717, 1.165) is 5.56 Å². The Bertz CT molecular complexity index is 1950. The van der Waals surface area contributed by atoms with Crippen molar-refractivity contribution in [2.75, 3.05) is 37.6 Å². The number of amides is 2. The smallest absolute Gasteiger partial charge is 0.305 e. The average molecular weight is 756 g/mol. The number of esters is 1. The van der Waals surface area contributed by atoms with Crippen LogP contribution in [-0.2, 0) is 31.2 Å². The number of nitrogens with one attached hydrogen (secondary N) is 1. The number of carbonyl (C=O) groups excluding carboxylic acids is 3. The van der Waals surface area contributed by atoms with E-state index in [-0.39, 0.29) is 42.3 Å². The van der Waals surface area contributed by atoms with Gasteiger partial charge in [-0.3, -0.25) is 19.1 Å². The minimum Gasteiger partial charge on any atom is -0.497 e. The molecule has 1 saturated heterocycles. The quantitative estimate of drug-likeness (QED) is 0.0830. The van der Waals surface area contributed by atoms with E-state index in [4.69, 9.17) is 14.2 Å². The van der Waals surface area contributed by atoms with Crippen LogP contribution in [0.15, 0.2) is 79.0 Å². The molecule has 1 unspecified atom stereocenters. The van der Waals surface area contributed by atoms with Crippen molar-refractivity contribution >= 4 is 37.5 Å². The lowest BCUT2D eigenvalue weighted by molar-refractivity contribution is -0.146. The van der Waals surface area contributed by atoms with Crippen LogP contribution in [0.4, 0.5) is 11.4 Å². The van der Waals surface area contributed by atoms with Gasteiger partial charge < -0.3 is 34.3 Å². The Morgan fingerprint density at radius 1 is 1.04 bits per heavy atom. The monoisotopic (exact) mass is 755 g/mol. The summed E-state index contributed by atoms with van der Waals surface area (Å²) in [4.78, 5) is 53.5. The van der Waals surface area contributed by atoms with Gasteiger partial charge in [-0.2, -0.15) is 0 Å². The predicted molar refractivity (Wildman–Crippen MR) is 205 cm³/mol. The molecule has 5 atom stereocenters. The SMILES string of the molecule is COC(=O)CCCCN1C(=O)[C@@]2(O[C@@H](CCn3cc(C(CO)c4ccccc4)nn3)[C@H]([Si](C)(C)O)[C@H]2C)c2cc(NC(=O)c3ccc(OC)cc3)ccc21. The summed E-state index contributed by atoms with van der Waals surface area (Å²) in [5.74, 6) is -0.974. The molecule has 0 bridgehead atoms. The van der Waals surface area contributed by atoms with E-state index in [0.29, 0.717) is 66.3 Å². The first-order valence-corrected chi connectivity index (χ1v) is 21.4. The van der Waals surface area contributed by atoms with E-state index >= 15 is 0 Å². The third kappa shape index (κ3) is 7.69. The van der Waals surface area contributed by atoms with Crippen LogP contribution in [0, 0.1) is 5.92 Å². The van der Waals surface area contributed by atoms with Crippen molar-refractivity contribution in [3.8, 4) is 5.75 Å². The minimum absolute atomic E-state index is 0.121. The molecule has 14 heteroatoms. The first-order chi connectivity index (χ1) is 25.9. The van der Waals surface area contributed by atoms with Crippen molar-refractivity contribution in [2.24, 2.45) is 5.92 Å². The number of benzene rings is 3. The zero-order chi connectivity index (χ0) is 38.6. The number of aliphatic hydroxyl groups excluding tert-OH is 1. The van der Waals surface area contributed by atoms with Gasteiger partial charge in [-0.25, -0.2) is 0 Å². The van der Waals surface area contributed by atoms with Crippen LogP contribution in [-0.4, -0.2) is 84.5 Å². The van der Waals surface area contributed by atoms with Crippen molar-refractivity contribution in [3.63, 3.8) is 0 Å². The van der Waals surface area contributed by atoms with Gasteiger partial charge in [0.15, 0.2) is 13.9 Å². The van der Waals surface area contributed by atoms with Crippen molar-refractivity contribution in [2.45, 2.75) is 75.4 Å². The van der Waals surface area contributed by atoms with Gasteiger partial charge in [0.25, 0.3) is 11.8 Å². The van der Waals surface area contributed by atoms with E-state index in [1.807, 2.05) is 68.7 Å². The molecule has 0 saturated carbocycles. The predicted octanol–water partition coefficient (Wildman–Crippen LogP) is 5.24. The maximum Gasteiger partial charge on any atom is 0.305 e. The molecule has 2 aliphatic heterocycles. The third-order valence-electron chi connectivity index (χ3n) is 10.8. The molecule has 3 aromatic carbocycles. The lowest BCUT2D eigenvalue weighted by atomic mass is 9.82. The standard InChI is InChI=1S/C40H49N5O8Si/c1-26-37(54(4,5)50)35(20-22-44-24-33(42-43-44)31(25-46)27-11-7-6-8-12-27)53-40(26)32-23-29(41-38(48)28-14-17-30(51-2)18-15-28)16-19-34(32)45(39(40)49)21-10-9-13-36(47)52-3/h6-8,11-12,14-19,23-24,26,31,35,37,46,50H,9-10,13,20-22,25H2,1-5H3,(H,41,48)/t26-,31?,35+,37-,40+/m1/s1. The number of aliphatic hydroxyl groups is 1. The first-order valence-electron chi connectivity index (χ1n) is 18.4. The number of unbranched alkanes of at least 4 members (excludes halogenated alkanes) is 1. The van der Waals surface area contributed by atoms with Crippen LogP contribution in [0.3, 0.4) is 0 Å². The maximum absolute atomic E-state index is 14.8. The van der Waals surface area contributed by atoms with Gasteiger partial charge in [0.1, 0.15) is 5.75 Å². The maximum atomic E-state index is 14.8. The van der Waals surface area contributed by atoms with Gasteiger partial charge in [-0.05, 0) is 80.4 Å². The molecule has 286 valence electrons. The van der Waals surface area contributed by atoms with Crippen LogP contribution in [0.5, 0.6) is 5.75 Å². The lowest BCUT2D eigenvalue weighted by Gasteiger charge is -2.32. The molecule has 0 radical (unpaired) electrons. The summed E-state index contributed by atoms with van der Waals surface area (Å²) < 4.78 is 18.8. The minimum atomic E-state index is -2.96. The highest BCUT2D eigenvalue weighted by Gasteiger charge is 2.66. The van der Waals surface area contributed by atoms with Crippen LogP contribution >= 0.6 is 0 Å². The lowest BCUT2D eigenvalue weighted by Crippen LogP contribution is -2.46. The van der Waals surface area contributed by atoms with E-state index in [9.17, 15) is 24.3 Å². The number of ether oxygens (including phenoxy) is 3. The van der Waals surface area contributed by atoms with Gasteiger partial charge in [-0.1, -0.05) is 42.5 Å². The van der Waals surface area contributed by atoms with Crippen molar-refractivity contribution in [3.05, 3.63) is 101 Å². The molecule has 6 rings (SSSR count). The van der Waals surface area contributed by atoms with Crippen molar-refractivity contribution in [1.82, 2.24) is 15.0 Å². The Morgan fingerprint density at radius 2 is 1.78 bits per heavy atom. The summed E-state index contributed by atoms with van der Waals surface area (Å²) in [5, 5.41) is 21.9. The van der Waals surface area contributed by atoms with Gasteiger partial charge in [-0.15, -0.1) is 5.10 Å². The molecule has 0 aliphatic carbocycles. The second-order valence-corrected chi connectivity index (χ2v) is 18.6. The molecule has 2 amide bonds. The zero-order valence-corrected chi connectivity index (χ0v) is 32.4. The number of carbonyl (C=O) groups is 3. The van der Waals surface area contributed by atoms with E-state index < -0.39 is 25.9 Å². The second-order valence-electron chi connectivity index (χ2n) is 14.6. The van der Waals surface area contributed by atoms with Crippen LogP contribution in [0.1, 0.15) is 65.7 Å². The fourth-order valence-corrected chi connectivity index (χ4v) is 10.7. The molecule has 13 nitrogen and oxygen atoms in total. The number of aryl methyl sites for hydroxylation is 1. The van der Waals surface area contributed by atoms with Crippen LogP contribution in [0.2, 0.25) is 18.6 Å². The number of methoxy groups -OCH3 is 2. The number of aromatic nitrogens is 3. The fraction of sp³-hybridized carbons (Fsp3) is 0.425. The van der Waals surface area contributed by atoms with Crippen LogP contribution < -0.4 is 15.0 Å². The van der Waals surface area contributed by atoms with E-state index in [1.54, 1.807) is 47.0 Å². The Labute approximate surface area is 316 Å². The molecular formula is C40H49N5O8Si. The molecule has 3 N–H and O–H groups in total. The number of nitrogens with zero attached hydrogens (tertiary/aromatic N) is 4. The molecule has 1 spiro atoms. The number of hydrogen-bond donors (Lipinski definition) is 3. The molecule has 54 heavy (non-hydrogen) atoms. The topological polar surface area (TPSA) is 165 Å². The van der Waals surface area contributed by atoms with Gasteiger partial charge in [0, 0.05) is 54.0 Å². The second kappa shape index (κ2) is 16.2. The number of hydrogen-bond acceptors (Lipinski definition) is 10. The summed E-state index contributed by atoms with van der Waals surface area (Å²) in [6, 6.07) is 21.8. The molecule has 3 heterocycles. The number of rotatable bonds is 15. The number of anilines is 2. The van der Waals surface area contributed by atoms with Crippen molar-refractivity contribution in [1.29, 1.82) is 0 Å². The fourth-order valence-electron chi connectivity index (χ4n) is 8.13. The average Bonchev–Trinajstić information content (AvgIpc) is 3.82. The summed E-state index contributed by atoms with van der Waals surface area (Å²) in [7, 11) is -0.0472. The van der Waals surface area contributed by atoms with Crippen LogP contribution in [0.25, 0.3) is 0 Å². The van der Waals surface area contributed by atoms with Gasteiger partial charge >= 0.3 is 5.97 Å². The van der Waals surface area contributed by atoms with Gasteiger partial charge in [0.05, 0.1) is 44.2 Å². The summed E-state index contributed by atoms with van der Waals surface area (Å²) in [6.07, 6.45) is 3.09. The highest BCUT2D eigenvalue weighted by molar-refractivity contribution is 6.71. The molecule has 1 aromatic heterocycles. The van der Waals surface area contributed by atoms with Crippen molar-refractivity contribution < 1.29 is 38.5 Å². The molecular weight excluding hydrogens is 707 g/mol. The first kappa shape index (κ1) is 38.8. The summed E-state index contributed by atoms with van der Waals surface area (Å²) >= 11 is 0. The highest BCUT2D eigenvalue weighted by atomic mass is 28.4. The Kier molecular flexibility index (Phi) is 11.7. The Hall–Kier alpha value is -4.89. The largest absolute Gasteiger partial charge is 0.497 e. The molecule has 2 aliphatic rings.